The molecule has 1 aromatic rings. The van der Waals surface area contributed by atoms with Gasteiger partial charge in [0.1, 0.15) is 0 Å². The van der Waals surface area contributed by atoms with Crippen LogP contribution in [-0.2, 0) is 12.8 Å². The Labute approximate surface area is 91.1 Å². The first-order chi connectivity index (χ1) is 7.45. The van der Waals surface area contributed by atoms with Crippen LogP contribution in [0, 0.1) is 0 Å². The number of hydrogen-bond donors (Lipinski definition) is 1. The second kappa shape index (κ2) is 3.93. The Hall–Kier alpha value is -0.890. The fraction of sp³-hybridized carbons (Fsp3) is 0.615. The van der Waals surface area contributed by atoms with E-state index in [0.29, 0.717) is 0 Å². The third-order valence-corrected chi connectivity index (χ3v) is 3.80. The number of nitrogens with zero attached hydrogens (tertiary/aromatic N) is 1. The summed E-state index contributed by atoms with van der Waals surface area (Å²) in [6, 6.07) is 0. The van der Waals surface area contributed by atoms with Crippen molar-refractivity contribution in [2.45, 2.75) is 38.0 Å². The summed E-state index contributed by atoms with van der Waals surface area (Å²) in [5.41, 5.74) is 4.69. The van der Waals surface area contributed by atoms with Crippen molar-refractivity contribution in [3.8, 4) is 0 Å². The topological polar surface area (TPSA) is 24.9 Å². The number of hydrogen-bond acceptors (Lipinski definition) is 2. The van der Waals surface area contributed by atoms with Crippen molar-refractivity contribution < 1.29 is 0 Å². The first-order valence-electron chi connectivity index (χ1n) is 6.11. The SMILES string of the molecule is c1ncc(C2CCNC2)c2c1CCCC2. The zero-order valence-electron chi connectivity index (χ0n) is 9.13. The van der Waals surface area contributed by atoms with Crippen LogP contribution >= 0.6 is 0 Å². The maximum Gasteiger partial charge on any atom is 0.0306 e. The highest BCUT2D eigenvalue weighted by Gasteiger charge is 2.22. The smallest absolute Gasteiger partial charge is 0.0306 e. The molecule has 0 spiro atoms. The third kappa shape index (κ3) is 1.67. The summed E-state index contributed by atoms with van der Waals surface area (Å²) >= 11 is 0. The zero-order chi connectivity index (χ0) is 10.1. The van der Waals surface area contributed by atoms with E-state index in [0.717, 1.165) is 12.5 Å². The number of rotatable bonds is 1. The van der Waals surface area contributed by atoms with Crippen LogP contribution in [-0.4, -0.2) is 18.1 Å². The number of aromatic nitrogens is 1. The van der Waals surface area contributed by atoms with Gasteiger partial charge in [-0.25, -0.2) is 0 Å². The van der Waals surface area contributed by atoms with Crippen molar-refractivity contribution in [3.63, 3.8) is 0 Å². The van der Waals surface area contributed by atoms with Crippen LogP contribution in [0.3, 0.4) is 0 Å². The number of nitrogens with one attached hydrogen (secondary N) is 1. The lowest BCUT2D eigenvalue weighted by atomic mass is 9.85. The second-order valence-corrected chi connectivity index (χ2v) is 4.76. The predicted octanol–water partition coefficient (Wildman–Crippen LogP) is 2.04. The molecule has 15 heavy (non-hydrogen) atoms. The van der Waals surface area contributed by atoms with Crippen molar-refractivity contribution in [1.82, 2.24) is 10.3 Å². The van der Waals surface area contributed by atoms with Gasteiger partial charge in [0, 0.05) is 18.9 Å². The second-order valence-electron chi connectivity index (χ2n) is 4.76. The lowest BCUT2D eigenvalue weighted by molar-refractivity contribution is 0.655. The Balaban J connectivity index is 1.99. The van der Waals surface area contributed by atoms with E-state index in [1.165, 1.54) is 49.8 Å². The average molecular weight is 202 g/mol. The van der Waals surface area contributed by atoms with Gasteiger partial charge in [-0.1, -0.05) is 0 Å². The molecule has 1 aromatic heterocycles. The molecule has 1 aliphatic carbocycles. The van der Waals surface area contributed by atoms with E-state index in [-0.39, 0.29) is 0 Å². The monoisotopic (exact) mass is 202 g/mol. The molecule has 1 unspecified atom stereocenters. The molecule has 1 atom stereocenters. The Bertz CT molecular complexity index is 354. The highest BCUT2D eigenvalue weighted by molar-refractivity contribution is 5.36. The van der Waals surface area contributed by atoms with Crippen molar-refractivity contribution in [1.29, 1.82) is 0 Å². The molecule has 1 fully saturated rings. The molecule has 2 heteroatoms. The average Bonchev–Trinajstić information content (AvgIpc) is 2.82. The van der Waals surface area contributed by atoms with Crippen LogP contribution in [0.15, 0.2) is 12.4 Å². The maximum absolute atomic E-state index is 4.41. The van der Waals surface area contributed by atoms with Gasteiger partial charge in [0.2, 0.25) is 0 Å². The molecular weight excluding hydrogens is 184 g/mol. The van der Waals surface area contributed by atoms with E-state index in [9.17, 15) is 0 Å². The van der Waals surface area contributed by atoms with Crippen LogP contribution in [0.1, 0.15) is 41.9 Å². The first kappa shape index (κ1) is 9.34. The van der Waals surface area contributed by atoms with Crippen LogP contribution in [0.2, 0.25) is 0 Å². The molecule has 3 rings (SSSR count). The number of aryl methyl sites for hydroxylation is 1. The van der Waals surface area contributed by atoms with E-state index in [1.54, 1.807) is 5.56 Å². The molecule has 0 radical (unpaired) electrons. The molecule has 0 bridgehead atoms. The standard InChI is InChI=1S/C13H18N2/c1-2-4-12-10(3-1)8-15-9-13(12)11-5-6-14-7-11/h8-9,11,14H,1-7H2. The van der Waals surface area contributed by atoms with Gasteiger partial charge < -0.3 is 5.32 Å². The zero-order valence-corrected chi connectivity index (χ0v) is 9.13. The molecule has 1 aliphatic heterocycles. The first-order valence-corrected chi connectivity index (χ1v) is 6.11. The van der Waals surface area contributed by atoms with Crippen LogP contribution < -0.4 is 5.32 Å². The summed E-state index contributed by atoms with van der Waals surface area (Å²) in [5.74, 6) is 0.727. The van der Waals surface area contributed by atoms with Crippen molar-refractivity contribution >= 4 is 0 Å². The molecule has 2 nitrogen and oxygen atoms in total. The van der Waals surface area contributed by atoms with Gasteiger partial charge in [0.05, 0.1) is 0 Å². The Kier molecular flexibility index (Phi) is 2.45. The lowest BCUT2D eigenvalue weighted by Crippen LogP contribution is -2.13. The maximum atomic E-state index is 4.41. The third-order valence-electron chi connectivity index (χ3n) is 3.80. The fourth-order valence-electron chi connectivity index (χ4n) is 2.96. The molecule has 80 valence electrons. The minimum Gasteiger partial charge on any atom is -0.316 e. The lowest BCUT2D eigenvalue weighted by Gasteiger charge is -2.21. The minimum atomic E-state index is 0.727. The van der Waals surface area contributed by atoms with E-state index in [1.807, 2.05) is 0 Å². The summed E-state index contributed by atoms with van der Waals surface area (Å²) in [4.78, 5) is 4.41. The van der Waals surface area contributed by atoms with E-state index < -0.39 is 0 Å². The molecule has 1 N–H and O–H groups in total. The van der Waals surface area contributed by atoms with Gasteiger partial charge in [0.15, 0.2) is 0 Å². The molecule has 2 aliphatic rings. The molecular formula is C13H18N2. The fourth-order valence-corrected chi connectivity index (χ4v) is 2.96. The summed E-state index contributed by atoms with van der Waals surface area (Å²) in [5, 5.41) is 3.45. The quantitative estimate of drug-likeness (QED) is 0.753. The molecule has 1 saturated heterocycles. The van der Waals surface area contributed by atoms with Crippen molar-refractivity contribution in [2.75, 3.05) is 13.1 Å². The molecule has 0 aromatic carbocycles. The highest BCUT2D eigenvalue weighted by atomic mass is 14.9. The van der Waals surface area contributed by atoms with Crippen LogP contribution in [0.5, 0.6) is 0 Å². The predicted molar refractivity (Wildman–Crippen MR) is 61.1 cm³/mol. The van der Waals surface area contributed by atoms with Gasteiger partial charge >= 0.3 is 0 Å². The van der Waals surface area contributed by atoms with Gasteiger partial charge in [-0.15, -0.1) is 0 Å². The van der Waals surface area contributed by atoms with Crippen LogP contribution in [0.25, 0.3) is 0 Å². The molecule has 0 saturated carbocycles. The number of pyridine rings is 1. The highest BCUT2D eigenvalue weighted by Crippen LogP contribution is 2.30. The van der Waals surface area contributed by atoms with Crippen molar-refractivity contribution in [2.24, 2.45) is 0 Å². The Morgan fingerprint density at radius 2 is 2.13 bits per heavy atom. The summed E-state index contributed by atoms with van der Waals surface area (Å²) < 4.78 is 0. The van der Waals surface area contributed by atoms with Gasteiger partial charge in [-0.2, -0.15) is 0 Å². The summed E-state index contributed by atoms with van der Waals surface area (Å²) in [6.07, 6.45) is 10.7. The Morgan fingerprint density at radius 3 is 3.00 bits per heavy atom. The molecule has 2 heterocycles. The van der Waals surface area contributed by atoms with Crippen molar-refractivity contribution in [3.05, 3.63) is 29.1 Å². The minimum absolute atomic E-state index is 0.727. The summed E-state index contributed by atoms with van der Waals surface area (Å²) in [6.45, 7) is 2.33. The van der Waals surface area contributed by atoms with E-state index >= 15 is 0 Å². The normalized spacial score (nSPS) is 25.2. The van der Waals surface area contributed by atoms with Gasteiger partial charge in [0.25, 0.3) is 0 Å². The molecule has 0 amide bonds. The van der Waals surface area contributed by atoms with Gasteiger partial charge in [-0.05, 0) is 61.3 Å². The van der Waals surface area contributed by atoms with Crippen LogP contribution in [0.4, 0.5) is 0 Å². The van der Waals surface area contributed by atoms with E-state index in [2.05, 4.69) is 22.7 Å². The summed E-state index contributed by atoms with van der Waals surface area (Å²) in [7, 11) is 0. The Morgan fingerprint density at radius 1 is 1.20 bits per heavy atom. The van der Waals surface area contributed by atoms with Gasteiger partial charge in [-0.3, -0.25) is 4.98 Å². The largest absolute Gasteiger partial charge is 0.316 e. The number of fused-ring (bicyclic) bond motifs is 1. The van der Waals surface area contributed by atoms with E-state index in [4.69, 9.17) is 0 Å².